The van der Waals surface area contributed by atoms with Gasteiger partial charge in [0, 0.05) is 29.6 Å². The van der Waals surface area contributed by atoms with E-state index in [-0.39, 0.29) is 5.78 Å². The van der Waals surface area contributed by atoms with Crippen LogP contribution in [0.1, 0.15) is 10.4 Å². The molecule has 0 aliphatic carbocycles. The highest BCUT2D eigenvalue weighted by molar-refractivity contribution is 6.06. The highest BCUT2D eigenvalue weighted by Crippen LogP contribution is 2.29. The fourth-order valence-electron chi connectivity index (χ4n) is 2.58. The predicted octanol–water partition coefficient (Wildman–Crippen LogP) is 4.67. The number of hydrogen-bond acceptors (Lipinski definition) is 4. The molecule has 0 unspecified atom stereocenters. The lowest BCUT2D eigenvalue weighted by atomic mass is 10.0. The van der Waals surface area contributed by atoms with Crippen LogP contribution in [0.5, 0.6) is 11.5 Å². The molecule has 0 aliphatic heterocycles. The fourth-order valence-corrected chi connectivity index (χ4v) is 2.58. The second-order valence-corrected chi connectivity index (χ2v) is 5.47. The topological polar surface area (TPSA) is 47.6 Å². The van der Waals surface area contributed by atoms with E-state index >= 15 is 0 Å². The number of hydrogen-bond donors (Lipinski definition) is 1. The molecule has 1 N–H and O–H groups in total. The standard InChI is InChI=1S/C21H19NO3/c1-24-20-10-9-18(14-21(20)25-2)22-12-11-19(23)17-8-7-15-5-3-4-6-16(15)13-17/h3-14,22H,1-2H3/b12-11-. The first-order valence-corrected chi connectivity index (χ1v) is 7.89. The van der Waals surface area contributed by atoms with Gasteiger partial charge in [0.05, 0.1) is 14.2 Å². The molecule has 0 bridgehead atoms. The molecule has 0 spiro atoms. The maximum absolute atomic E-state index is 12.3. The van der Waals surface area contributed by atoms with Crippen LogP contribution in [0, 0.1) is 0 Å². The Kier molecular flexibility index (Phi) is 5.00. The summed E-state index contributed by atoms with van der Waals surface area (Å²) in [4.78, 5) is 12.3. The van der Waals surface area contributed by atoms with Crippen LogP contribution >= 0.6 is 0 Å². The van der Waals surface area contributed by atoms with Gasteiger partial charge in [-0.15, -0.1) is 0 Å². The Bertz CT molecular complexity index is 931. The summed E-state index contributed by atoms with van der Waals surface area (Å²) < 4.78 is 10.5. The third kappa shape index (κ3) is 3.80. The number of anilines is 1. The average Bonchev–Trinajstić information content (AvgIpc) is 2.67. The molecule has 0 saturated carbocycles. The van der Waals surface area contributed by atoms with Crippen LogP contribution in [-0.4, -0.2) is 20.0 Å². The van der Waals surface area contributed by atoms with E-state index in [4.69, 9.17) is 9.47 Å². The van der Waals surface area contributed by atoms with Crippen molar-refractivity contribution in [3.05, 3.63) is 78.5 Å². The second kappa shape index (κ2) is 7.53. The Hall–Kier alpha value is -3.27. The molecule has 0 aromatic heterocycles. The van der Waals surface area contributed by atoms with Gasteiger partial charge >= 0.3 is 0 Å². The van der Waals surface area contributed by atoms with Gasteiger partial charge in [-0.25, -0.2) is 0 Å². The molecule has 25 heavy (non-hydrogen) atoms. The maximum atomic E-state index is 12.3. The van der Waals surface area contributed by atoms with Crippen LogP contribution in [0.3, 0.4) is 0 Å². The lowest BCUT2D eigenvalue weighted by Crippen LogP contribution is -1.97. The van der Waals surface area contributed by atoms with Gasteiger partial charge in [0.1, 0.15) is 0 Å². The van der Waals surface area contributed by atoms with Crippen LogP contribution in [0.15, 0.2) is 72.9 Å². The number of rotatable bonds is 6. The number of carbonyl (C=O) groups is 1. The minimum Gasteiger partial charge on any atom is -0.493 e. The minimum absolute atomic E-state index is 0.0567. The van der Waals surface area contributed by atoms with Gasteiger partial charge in [0.15, 0.2) is 17.3 Å². The van der Waals surface area contributed by atoms with Crippen LogP contribution in [0.4, 0.5) is 5.69 Å². The average molecular weight is 333 g/mol. The monoisotopic (exact) mass is 333 g/mol. The number of ketones is 1. The first-order chi connectivity index (χ1) is 12.2. The van der Waals surface area contributed by atoms with E-state index in [9.17, 15) is 4.79 Å². The van der Waals surface area contributed by atoms with Crippen LogP contribution in [0.25, 0.3) is 10.8 Å². The zero-order valence-corrected chi connectivity index (χ0v) is 14.2. The van der Waals surface area contributed by atoms with Gasteiger partial charge in [-0.05, 0) is 29.0 Å². The van der Waals surface area contributed by atoms with Crippen molar-refractivity contribution in [2.45, 2.75) is 0 Å². The van der Waals surface area contributed by atoms with E-state index in [0.717, 1.165) is 16.5 Å². The van der Waals surface area contributed by atoms with Crippen molar-refractivity contribution in [2.75, 3.05) is 19.5 Å². The number of allylic oxidation sites excluding steroid dienone is 1. The largest absolute Gasteiger partial charge is 0.493 e. The zero-order chi connectivity index (χ0) is 17.6. The molecule has 0 radical (unpaired) electrons. The van der Waals surface area contributed by atoms with E-state index < -0.39 is 0 Å². The minimum atomic E-state index is -0.0567. The maximum Gasteiger partial charge on any atom is 0.187 e. The Morgan fingerprint density at radius 3 is 2.40 bits per heavy atom. The number of carbonyl (C=O) groups excluding carboxylic acids is 1. The van der Waals surface area contributed by atoms with Crippen LogP contribution < -0.4 is 14.8 Å². The fraction of sp³-hybridized carbons (Fsp3) is 0.0952. The quantitative estimate of drug-likeness (QED) is 0.526. The third-order valence-corrected chi connectivity index (χ3v) is 3.90. The molecule has 3 aromatic rings. The number of fused-ring (bicyclic) bond motifs is 1. The summed E-state index contributed by atoms with van der Waals surface area (Å²) in [5, 5.41) is 5.24. The van der Waals surface area contributed by atoms with Gasteiger partial charge in [-0.3, -0.25) is 4.79 Å². The molecule has 126 valence electrons. The van der Waals surface area contributed by atoms with Gasteiger partial charge in [-0.2, -0.15) is 0 Å². The normalized spacial score (nSPS) is 10.8. The van der Waals surface area contributed by atoms with Crippen molar-refractivity contribution in [3.8, 4) is 11.5 Å². The number of benzene rings is 3. The van der Waals surface area contributed by atoms with Crippen molar-refractivity contribution in [2.24, 2.45) is 0 Å². The van der Waals surface area contributed by atoms with Gasteiger partial charge in [0.2, 0.25) is 0 Å². The molecule has 3 aromatic carbocycles. The van der Waals surface area contributed by atoms with E-state index in [1.54, 1.807) is 26.5 Å². The molecule has 0 heterocycles. The Labute approximate surface area is 146 Å². The second-order valence-electron chi connectivity index (χ2n) is 5.47. The highest BCUT2D eigenvalue weighted by atomic mass is 16.5. The van der Waals surface area contributed by atoms with Gasteiger partial charge in [0.25, 0.3) is 0 Å². The van der Waals surface area contributed by atoms with Gasteiger partial charge < -0.3 is 14.8 Å². The Morgan fingerprint density at radius 1 is 0.880 bits per heavy atom. The van der Waals surface area contributed by atoms with Crippen molar-refractivity contribution in [3.63, 3.8) is 0 Å². The van der Waals surface area contributed by atoms with Gasteiger partial charge in [-0.1, -0.05) is 36.4 Å². The lowest BCUT2D eigenvalue weighted by Gasteiger charge is -2.09. The van der Waals surface area contributed by atoms with Crippen LogP contribution in [0.2, 0.25) is 0 Å². The van der Waals surface area contributed by atoms with E-state index in [1.807, 2.05) is 54.6 Å². The molecule has 0 atom stereocenters. The summed E-state index contributed by atoms with van der Waals surface area (Å²) >= 11 is 0. The summed E-state index contributed by atoms with van der Waals surface area (Å²) in [5.74, 6) is 1.23. The number of nitrogens with one attached hydrogen (secondary N) is 1. The lowest BCUT2D eigenvalue weighted by molar-refractivity contribution is 0.104. The van der Waals surface area contributed by atoms with Crippen molar-refractivity contribution < 1.29 is 14.3 Å². The third-order valence-electron chi connectivity index (χ3n) is 3.90. The summed E-state index contributed by atoms with van der Waals surface area (Å²) in [6.45, 7) is 0. The van der Waals surface area contributed by atoms with Crippen molar-refractivity contribution in [1.82, 2.24) is 0 Å². The van der Waals surface area contributed by atoms with E-state index in [1.165, 1.54) is 6.08 Å². The first-order valence-electron chi connectivity index (χ1n) is 7.89. The van der Waals surface area contributed by atoms with E-state index in [0.29, 0.717) is 17.1 Å². The van der Waals surface area contributed by atoms with Crippen LogP contribution in [-0.2, 0) is 0 Å². The predicted molar refractivity (Wildman–Crippen MR) is 101 cm³/mol. The Balaban J connectivity index is 1.71. The van der Waals surface area contributed by atoms with Crippen molar-refractivity contribution in [1.29, 1.82) is 0 Å². The summed E-state index contributed by atoms with van der Waals surface area (Å²) in [5.41, 5.74) is 1.46. The summed E-state index contributed by atoms with van der Waals surface area (Å²) in [6, 6.07) is 19.1. The Morgan fingerprint density at radius 2 is 1.64 bits per heavy atom. The molecule has 0 amide bonds. The summed E-state index contributed by atoms with van der Waals surface area (Å²) in [6.07, 6.45) is 3.14. The number of methoxy groups -OCH3 is 2. The molecular weight excluding hydrogens is 314 g/mol. The number of ether oxygens (including phenoxy) is 2. The summed E-state index contributed by atoms with van der Waals surface area (Å²) in [7, 11) is 3.17. The SMILES string of the molecule is COc1ccc(N/C=C\C(=O)c2ccc3ccccc3c2)cc1OC. The zero-order valence-electron chi connectivity index (χ0n) is 14.2. The molecule has 3 rings (SSSR count). The van der Waals surface area contributed by atoms with Crippen molar-refractivity contribution >= 4 is 22.2 Å². The van der Waals surface area contributed by atoms with E-state index in [2.05, 4.69) is 5.32 Å². The molecule has 4 heteroatoms. The molecule has 0 aliphatic rings. The first kappa shape index (κ1) is 16.6. The smallest absolute Gasteiger partial charge is 0.187 e. The highest BCUT2D eigenvalue weighted by Gasteiger charge is 2.05. The molecule has 0 saturated heterocycles. The molecular formula is C21H19NO3. The molecule has 4 nitrogen and oxygen atoms in total. The molecule has 0 fully saturated rings.